The molecule has 0 unspecified atom stereocenters. The molecule has 0 aliphatic rings. The van der Waals surface area contributed by atoms with Gasteiger partial charge in [0, 0.05) is 5.70 Å². The fraction of sp³-hybridized carbons (Fsp3) is 0.0625. The van der Waals surface area contributed by atoms with Crippen molar-refractivity contribution >= 4 is 5.70 Å². The van der Waals surface area contributed by atoms with E-state index in [1.807, 2.05) is 6.92 Å². The zero-order valence-electron chi connectivity index (χ0n) is 12.9. The lowest BCUT2D eigenvalue weighted by Crippen LogP contribution is -2.16. The Morgan fingerprint density at radius 3 is 2.79 bits per heavy atom. The molecule has 3 rings (SSSR count). The van der Waals surface area contributed by atoms with Gasteiger partial charge in [-0.2, -0.15) is 10.2 Å². The van der Waals surface area contributed by atoms with E-state index in [9.17, 15) is 9.90 Å². The molecule has 0 bridgehead atoms. The van der Waals surface area contributed by atoms with Crippen LogP contribution in [-0.2, 0) is 0 Å². The molecule has 24 heavy (non-hydrogen) atoms. The lowest BCUT2D eigenvalue weighted by molar-refractivity contribution is 0.462. The van der Waals surface area contributed by atoms with Crippen LogP contribution in [0.5, 0.6) is 5.75 Å². The first-order valence-corrected chi connectivity index (χ1v) is 7.04. The molecule has 8 heteroatoms. The normalized spacial score (nSPS) is 11.5. The summed E-state index contributed by atoms with van der Waals surface area (Å²) in [4.78, 5) is 20.2. The van der Waals surface area contributed by atoms with Gasteiger partial charge in [0.1, 0.15) is 12.0 Å². The number of aromatic nitrogens is 6. The highest BCUT2D eigenvalue weighted by Crippen LogP contribution is 2.19. The maximum atomic E-state index is 12.3. The summed E-state index contributed by atoms with van der Waals surface area (Å²) in [6.07, 6.45) is 10.6. The second-order valence-corrected chi connectivity index (χ2v) is 4.91. The van der Waals surface area contributed by atoms with E-state index in [1.54, 1.807) is 29.1 Å². The molecule has 0 saturated carbocycles. The van der Waals surface area contributed by atoms with Crippen molar-refractivity contribution in [2.45, 2.75) is 6.92 Å². The van der Waals surface area contributed by atoms with Crippen LogP contribution in [0, 0.1) is 0 Å². The molecule has 0 amide bonds. The van der Waals surface area contributed by atoms with E-state index < -0.39 is 11.2 Å². The molecule has 3 aromatic heterocycles. The van der Waals surface area contributed by atoms with Crippen molar-refractivity contribution < 1.29 is 5.11 Å². The van der Waals surface area contributed by atoms with Gasteiger partial charge in [-0.3, -0.25) is 4.79 Å². The van der Waals surface area contributed by atoms with E-state index in [0.29, 0.717) is 11.4 Å². The Labute approximate surface area is 137 Å². The number of rotatable bonds is 4. The molecule has 0 fully saturated rings. The molecule has 0 spiro atoms. The molecule has 0 atom stereocenters. The Bertz CT molecular complexity index is 972. The standard InChI is InChI=1S/C16H14N6O2/c1-3-4-11(2)22-13(5-6-19-22)15-16(24)14(23)9-21(20-15)12-7-17-10-18-8-12/h3-10,23H,1H2,2H3/b11-4+. The zero-order valence-corrected chi connectivity index (χ0v) is 12.9. The first-order valence-electron chi connectivity index (χ1n) is 7.04. The van der Waals surface area contributed by atoms with E-state index in [-0.39, 0.29) is 5.69 Å². The van der Waals surface area contributed by atoms with Gasteiger partial charge in [0.15, 0.2) is 11.4 Å². The Kier molecular flexibility index (Phi) is 4.02. The van der Waals surface area contributed by atoms with Crippen molar-refractivity contribution in [2.24, 2.45) is 0 Å². The minimum atomic E-state index is -0.587. The third kappa shape index (κ3) is 2.72. The number of hydrogen-bond donors (Lipinski definition) is 1. The van der Waals surface area contributed by atoms with Gasteiger partial charge in [0.2, 0.25) is 0 Å². The molecule has 1 N–H and O–H groups in total. The van der Waals surface area contributed by atoms with Gasteiger partial charge in [-0.25, -0.2) is 19.3 Å². The van der Waals surface area contributed by atoms with E-state index >= 15 is 0 Å². The average molecular weight is 322 g/mol. The molecule has 0 radical (unpaired) electrons. The first kappa shape index (κ1) is 15.3. The van der Waals surface area contributed by atoms with Crippen LogP contribution in [0.3, 0.4) is 0 Å². The van der Waals surface area contributed by atoms with Gasteiger partial charge in [0.25, 0.3) is 5.43 Å². The number of allylic oxidation sites excluding steroid dienone is 3. The second kappa shape index (κ2) is 6.29. The molecule has 3 aromatic rings. The molecule has 0 aromatic carbocycles. The van der Waals surface area contributed by atoms with Crippen LogP contribution in [0.15, 0.2) is 60.7 Å². The van der Waals surface area contributed by atoms with Crippen LogP contribution >= 0.6 is 0 Å². The molecule has 120 valence electrons. The molecule has 8 nitrogen and oxygen atoms in total. The number of nitrogens with zero attached hydrogens (tertiary/aromatic N) is 6. The fourth-order valence-corrected chi connectivity index (χ4v) is 2.19. The van der Waals surface area contributed by atoms with Crippen LogP contribution in [0.25, 0.3) is 22.8 Å². The average Bonchev–Trinajstić information content (AvgIpc) is 3.08. The lowest BCUT2D eigenvalue weighted by Gasteiger charge is -2.10. The Morgan fingerprint density at radius 1 is 1.33 bits per heavy atom. The smallest absolute Gasteiger partial charge is 0.251 e. The highest BCUT2D eigenvalue weighted by atomic mass is 16.3. The van der Waals surface area contributed by atoms with E-state index in [2.05, 4.69) is 26.7 Å². The van der Waals surface area contributed by atoms with Crippen molar-refractivity contribution in [1.29, 1.82) is 0 Å². The monoisotopic (exact) mass is 322 g/mol. The minimum Gasteiger partial charge on any atom is -0.503 e. The van der Waals surface area contributed by atoms with Crippen LogP contribution in [0.2, 0.25) is 0 Å². The maximum Gasteiger partial charge on any atom is 0.251 e. The lowest BCUT2D eigenvalue weighted by atomic mass is 10.2. The van der Waals surface area contributed by atoms with Gasteiger partial charge >= 0.3 is 0 Å². The molecule has 0 saturated heterocycles. The van der Waals surface area contributed by atoms with Crippen LogP contribution in [-0.4, -0.2) is 34.6 Å². The van der Waals surface area contributed by atoms with E-state index in [4.69, 9.17) is 0 Å². The van der Waals surface area contributed by atoms with Gasteiger partial charge in [-0.15, -0.1) is 0 Å². The van der Waals surface area contributed by atoms with Gasteiger partial charge in [0.05, 0.1) is 30.5 Å². The maximum absolute atomic E-state index is 12.3. The van der Waals surface area contributed by atoms with Gasteiger partial charge in [-0.05, 0) is 19.1 Å². The molecule has 3 heterocycles. The topological polar surface area (TPSA) is 98.7 Å². The Morgan fingerprint density at radius 2 is 2.08 bits per heavy atom. The summed E-state index contributed by atoms with van der Waals surface area (Å²) in [6, 6.07) is 1.65. The largest absolute Gasteiger partial charge is 0.503 e. The molecule has 0 aliphatic heterocycles. The summed E-state index contributed by atoms with van der Waals surface area (Å²) < 4.78 is 2.90. The highest BCUT2D eigenvalue weighted by Gasteiger charge is 2.16. The predicted molar refractivity (Wildman–Crippen MR) is 88.5 cm³/mol. The third-order valence-corrected chi connectivity index (χ3v) is 3.29. The van der Waals surface area contributed by atoms with Gasteiger partial charge < -0.3 is 5.11 Å². The van der Waals surface area contributed by atoms with Crippen molar-refractivity contribution in [1.82, 2.24) is 29.5 Å². The summed E-state index contributed by atoms with van der Waals surface area (Å²) in [7, 11) is 0. The Balaban J connectivity index is 2.21. The quantitative estimate of drug-likeness (QED) is 0.733. The van der Waals surface area contributed by atoms with E-state index in [1.165, 1.54) is 29.6 Å². The van der Waals surface area contributed by atoms with Crippen molar-refractivity contribution in [3.8, 4) is 22.8 Å². The zero-order chi connectivity index (χ0) is 17.1. The summed E-state index contributed by atoms with van der Waals surface area (Å²) >= 11 is 0. The predicted octanol–water partition coefficient (Wildman–Crippen LogP) is 1.64. The van der Waals surface area contributed by atoms with Crippen molar-refractivity contribution in [2.75, 3.05) is 0 Å². The van der Waals surface area contributed by atoms with Gasteiger partial charge in [-0.1, -0.05) is 12.7 Å². The highest BCUT2D eigenvalue weighted by molar-refractivity contribution is 5.62. The van der Waals surface area contributed by atoms with Crippen LogP contribution in [0.4, 0.5) is 0 Å². The summed E-state index contributed by atoms with van der Waals surface area (Å²) in [5, 5.41) is 18.5. The number of hydrogen-bond acceptors (Lipinski definition) is 6. The second-order valence-electron chi connectivity index (χ2n) is 4.91. The number of aromatic hydroxyl groups is 1. The summed E-state index contributed by atoms with van der Waals surface area (Å²) in [5.74, 6) is -0.429. The SMILES string of the molecule is C=C/C=C(\C)n1nccc1-c1nn(-c2cncnc2)cc(O)c1=O. The Hall–Kier alpha value is -3.55. The van der Waals surface area contributed by atoms with E-state index in [0.717, 1.165) is 5.70 Å². The fourth-order valence-electron chi connectivity index (χ4n) is 2.19. The summed E-state index contributed by atoms with van der Waals surface area (Å²) in [6.45, 7) is 5.47. The minimum absolute atomic E-state index is 0.0631. The molecular weight excluding hydrogens is 308 g/mol. The van der Waals surface area contributed by atoms with Crippen LogP contribution in [0.1, 0.15) is 6.92 Å². The molecular formula is C16H14N6O2. The van der Waals surface area contributed by atoms with Crippen molar-refractivity contribution in [3.63, 3.8) is 0 Å². The summed E-state index contributed by atoms with van der Waals surface area (Å²) in [5.41, 5.74) is 1.20. The first-order chi connectivity index (χ1) is 11.6. The van der Waals surface area contributed by atoms with Crippen LogP contribution < -0.4 is 5.43 Å². The van der Waals surface area contributed by atoms with Crippen molar-refractivity contribution in [3.05, 3.63) is 66.1 Å². The molecule has 0 aliphatic carbocycles. The third-order valence-electron chi connectivity index (χ3n) is 3.29.